The van der Waals surface area contributed by atoms with Crippen LogP contribution in [0.3, 0.4) is 0 Å². The van der Waals surface area contributed by atoms with E-state index < -0.39 is 0 Å². The fourth-order valence-electron chi connectivity index (χ4n) is 2.62. The molecule has 0 aliphatic carbocycles. The monoisotopic (exact) mass is 296 g/mol. The van der Waals surface area contributed by atoms with E-state index in [0.29, 0.717) is 13.2 Å². The van der Waals surface area contributed by atoms with E-state index in [1.807, 2.05) is 42.5 Å². The summed E-state index contributed by atoms with van der Waals surface area (Å²) < 4.78 is 5.67. The highest BCUT2D eigenvalue weighted by Crippen LogP contribution is 2.23. The van der Waals surface area contributed by atoms with Gasteiger partial charge in [-0.15, -0.1) is 0 Å². The molecule has 0 fully saturated rings. The van der Waals surface area contributed by atoms with Gasteiger partial charge in [0.25, 0.3) is 0 Å². The number of carbonyl (C=O) groups excluding carboxylic acids is 1. The molecule has 0 spiro atoms. The molecule has 2 N–H and O–H groups in total. The molecule has 2 aromatic rings. The van der Waals surface area contributed by atoms with Gasteiger partial charge in [0.2, 0.25) is 0 Å². The van der Waals surface area contributed by atoms with Crippen LogP contribution >= 0.6 is 0 Å². The number of carbonyl (C=O) groups is 1. The summed E-state index contributed by atoms with van der Waals surface area (Å²) in [5.41, 5.74) is 2.36. The number of benzene rings is 2. The van der Waals surface area contributed by atoms with Crippen molar-refractivity contribution in [2.45, 2.75) is 18.9 Å². The van der Waals surface area contributed by atoms with Gasteiger partial charge in [-0.25, -0.2) is 4.79 Å². The fourth-order valence-corrected chi connectivity index (χ4v) is 2.62. The number of amides is 2. The molecule has 0 aromatic heterocycles. The molecule has 1 aliphatic heterocycles. The Kier molecular flexibility index (Phi) is 4.59. The SMILES string of the molecule is O=C(NCCc1ccccc1)N[C@H]1COc2ccccc2C1. The van der Waals surface area contributed by atoms with Gasteiger partial charge in [0.1, 0.15) is 12.4 Å². The summed E-state index contributed by atoms with van der Waals surface area (Å²) in [7, 11) is 0. The Morgan fingerprint density at radius 2 is 1.86 bits per heavy atom. The van der Waals surface area contributed by atoms with Crippen LogP contribution in [0.15, 0.2) is 54.6 Å². The lowest BCUT2D eigenvalue weighted by atomic mass is 10.0. The maximum absolute atomic E-state index is 11.9. The quantitative estimate of drug-likeness (QED) is 0.911. The molecule has 0 bridgehead atoms. The highest BCUT2D eigenvalue weighted by molar-refractivity contribution is 5.74. The van der Waals surface area contributed by atoms with Gasteiger partial charge in [-0.1, -0.05) is 48.5 Å². The highest BCUT2D eigenvalue weighted by atomic mass is 16.5. The largest absolute Gasteiger partial charge is 0.491 e. The maximum atomic E-state index is 11.9. The number of fused-ring (bicyclic) bond motifs is 1. The Morgan fingerprint density at radius 1 is 1.09 bits per heavy atom. The second kappa shape index (κ2) is 6.98. The molecular weight excluding hydrogens is 276 g/mol. The standard InChI is InChI=1S/C18H20N2O2/c21-18(19-11-10-14-6-2-1-3-7-14)20-16-12-15-8-4-5-9-17(15)22-13-16/h1-9,16H,10-13H2,(H2,19,20,21)/t16-/m1/s1. The van der Waals surface area contributed by atoms with E-state index in [9.17, 15) is 4.79 Å². The maximum Gasteiger partial charge on any atom is 0.315 e. The van der Waals surface area contributed by atoms with Crippen molar-refractivity contribution in [1.29, 1.82) is 0 Å². The molecule has 22 heavy (non-hydrogen) atoms. The van der Waals surface area contributed by atoms with E-state index in [4.69, 9.17) is 4.74 Å². The summed E-state index contributed by atoms with van der Waals surface area (Å²) in [4.78, 5) is 11.9. The molecule has 3 rings (SSSR count). The minimum atomic E-state index is -0.135. The van der Waals surface area contributed by atoms with Gasteiger partial charge in [0, 0.05) is 6.54 Å². The molecule has 0 radical (unpaired) electrons. The van der Waals surface area contributed by atoms with E-state index in [0.717, 1.165) is 24.2 Å². The molecule has 0 saturated heterocycles. The number of nitrogens with one attached hydrogen (secondary N) is 2. The number of ether oxygens (including phenoxy) is 1. The van der Waals surface area contributed by atoms with E-state index in [2.05, 4.69) is 22.8 Å². The van der Waals surface area contributed by atoms with Gasteiger partial charge >= 0.3 is 6.03 Å². The second-order valence-corrected chi connectivity index (χ2v) is 5.46. The van der Waals surface area contributed by atoms with Crippen LogP contribution in [-0.4, -0.2) is 25.2 Å². The van der Waals surface area contributed by atoms with Crippen LogP contribution in [0.2, 0.25) is 0 Å². The van der Waals surface area contributed by atoms with Crippen molar-refractivity contribution < 1.29 is 9.53 Å². The van der Waals surface area contributed by atoms with Crippen molar-refractivity contribution in [1.82, 2.24) is 10.6 Å². The van der Waals surface area contributed by atoms with Gasteiger partial charge in [-0.05, 0) is 30.0 Å². The summed E-state index contributed by atoms with van der Waals surface area (Å²) in [5, 5.41) is 5.87. The number of hydrogen-bond acceptors (Lipinski definition) is 2. The molecule has 1 heterocycles. The Labute approximate surface area is 130 Å². The van der Waals surface area contributed by atoms with Crippen LogP contribution < -0.4 is 15.4 Å². The Morgan fingerprint density at radius 3 is 2.73 bits per heavy atom. The lowest BCUT2D eigenvalue weighted by Gasteiger charge is -2.26. The summed E-state index contributed by atoms with van der Waals surface area (Å²) in [6.45, 7) is 1.14. The van der Waals surface area contributed by atoms with E-state index in [1.54, 1.807) is 0 Å². The van der Waals surface area contributed by atoms with Gasteiger partial charge in [-0.2, -0.15) is 0 Å². The zero-order valence-corrected chi connectivity index (χ0v) is 12.4. The van der Waals surface area contributed by atoms with Gasteiger partial charge in [-0.3, -0.25) is 0 Å². The van der Waals surface area contributed by atoms with Crippen LogP contribution in [0.1, 0.15) is 11.1 Å². The van der Waals surface area contributed by atoms with Gasteiger partial charge in [0.05, 0.1) is 6.04 Å². The number of urea groups is 1. The zero-order valence-electron chi connectivity index (χ0n) is 12.4. The normalized spacial score (nSPS) is 16.3. The average Bonchev–Trinajstić information content (AvgIpc) is 2.56. The first-order chi connectivity index (χ1) is 10.8. The summed E-state index contributed by atoms with van der Waals surface area (Å²) >= 11 is 0. The lowest BCUT2D eigenvalue weighted by molar-refractivity contribution is 0.214. The molecule has 4 heteroatoms. The molecule has 1 aliphatic rings. The average molecular weight is 296 g/mol. The Bertz CT molecular complexity index is 628. The van der Waals surface area contributed by atoms with Crippen molar-refractivity contribution >= 4 is 6.03 Å². The van der Waals surface area contributed by atoms with Gasteiger partial charge in [0.15, 0.2) is 0 Å². The minimum Gasteiger partial charge on any atom is -0.491 e. The van der Waals surface area contributed by atoms with Gasteiger partial charge < -0.3 is 15.4 Å². The highest BCUT2D eigenvalue weighted by Gasteiger charge is 2.20. The molecular formula is C18H20N2O2. The van der Waals surface area contributed by atoms with Crippen molar-refractivity contribution in [3.63, 3.8) is 0 Å². The first-order valence-corrected chi connectivity index (χ1v) is 7.60. The number of hydrogen-bond donors (Lipinski definition) is 2. The Hall–Kier alpha value is -2.49. The van der Waals surface area contributed by atoms with Crippen LogP contribution in [0, 0.1) is 0 Å². The topological polar surface area (TPSA) is 50.4 Å². The second-order valence-electron chi connectivity index (χ2n) is 5.46. The molecule has 2 amide bonds. The van der Waals surface area contributed by atoms with Crippen LogP contribution in [0.25, 0.3) is 0 Å². The van der Waals surface area contributed by atoms with Crippen LogP contribution in [-0.2, 0) is 12.8 Å². The van der Waals surface area contributed by atoms with E-state index >= 15 is 0 Å². The van der Waals surface area contributed by atoms with Crippen molar-refractivity contribution in [2.24, 2.45) is 0 Å². The van der Waals surface area contributed by atoms with E-state index in [1.165, 1.54) is 5.56 Å². The molecule has 0 unspecified atom stereocenters. The summed E-state index contributed by atoms with van der Waals surface area (Å²) in [6.07, 6.45) is 1.64. The lowest BCUT2D eigenvalue weighted by Crippen LogP contribution is -2.47. The number of para-hydroxylation sites is 1. The zero-order chi connectivity index (χ0) is 15.2. The molecule has 4 nitrogen and oxygen atoms in total. The van der Waals surface area contributed by atoms with Crippen LogP contribution in [0.5, 0.6) is 5.75 Å². The number of rotatable bonds is 4. The third-order valence-electron chi connectivity index (χ3n) is 3.76. The summed E-state index contributed by atoms with van der Waals surface area (Å²) in [6, 6.07) is 18.0. The third kappa shape index (κ3) is 3.79. The van der Waals surface area contributed by atoms with Crippen molar-refractivity contribution in [3.8, 4) is 5.75 Å². The van der Waals surface area contributed by atoms with Crippen LogP contribution in [0.4, 0.5) is 4.79 Å². The van der Waals surface area contributed by atoms with E-state index in [-0.39, 0.29) is 12.1 Å². The summed E-state index contributed by atoms with van der Waals surface area (Å²) in [5.74, 6) is 0.921. The molecule has 1 atom stereocenters. The minimum absolute atomic E-state index is 0.0200. The predicted octanol–water partition coefficient (Wildman–Crippen LogP) is 2.53. The van der Waals surface area contributed by atoms with Crippen molar-refractivity contribution in [3.05, 3.63) is 65.7 Å². The van der Waals surface area contributed by atoms with Crippen molar-refractivity contribution in [2.75, 3.05) is 13.2 Å². The molecule has 114 valence electrons. The predicted molar refractivity (Wildman–Crippen MR) is 86.1 cm³/mol. The third-order valence-corrected chi connectivity index (χ3v) is 3.76. The first-order valence-electron chi connectivity index (χ1n) is 7.60. The molecule has 0 saturated carbocycles. The smallest absolute Gasteiger partial charge is 0.315 e. The molecule has 2 aromatic carbocycles. The Balaban J connectivity index is 1.43. The first kappa shape index (κ1) is 14.4. The fraction of sp³-hybridized carbons (Fsp3) is 0.278.